The molecule has 27 heavy (non-hydrogen) atoms. The Morgan fingerprint density at radius 1 is 1.30 bits per heavy atom. The molecule has 1 heterocycles. The van der Waals surface area contributed by atoms with Gasteiger partial charge in [-0.25, -0.2) is 17.9 Å². The summed E-state index contributed by atoms with van der Waals surface area (Å²) in [4.78, 5) is 11.1. The lowest BCUT2D eigenvalue weighted by Gasteiger charge is -2.14. The largest absolute Gasteiger partial charge is 0.478 e. The number of anilines is 1. The minimum Gasteiger partial charge on any atom is -0.478 e. The van der Waals surface area contributed by atoms with Crippen LogP contribution in [0.3, 0.4) is 0 Å². The van der Waals surface area contributed by atoms with Crippen molar-refractivity contribution in [1.82, 2.24) is 4.72 Å². The summed E-state index contributed by atoms with van der Waals surface area (Å²) >= 11 is 0. The predicted molar refractivity (Wildman–Crippen MR) is 100 cm³/mol. The van der Waals surface area contributed by atoms with E-state index in [-0.39, 0.29) is 23.1 Å². The van der Waals surface area contributed by atoms with E-state index in [4.69, 9.17) is 9.15 Å². The second-order valence-electron chi connectivity index (χ2n) is 6.12. The molecule has 0 unspecified atom stereocenters. The molecule has 0 aliphatic carbocycles. The summed E-state index contributed by atoms with van der Waals surface area (Å²) in [6.45, 7) is 4.87. The zero-order valence-electron chi connectivity index (χ0n) is 15.3. The average molecular weight is 396 g/mol. The van der Waals surface area contributed by atoms with Crippen molar-refractivity contribution in [2.24, 2.45) is 0 Å². The summed E-state index contributed by atoms with van der Waals surface area (Å²) < 4.78 is 38.4. The van der Waals surface area contributed by atoms with Gasteiger partial charge in [0.05, 0.1) is 30.2 Å². The van der Waals surface area contributed by atoms with Gasteiger partial charge in [-0.15, -0.1) is 0 Å². The normalized spacial score (nSPS) is 11.7. The molecule has 0 spiro atoms. The molecular weight excluding hydrogens is 372 g/mol. The number of carboxylic acid groups (broad SMARTS) is 1. The van der Waals surface area contributed by atoms with Crippen molar-refractivity contribution in [1.29, 1.82) is 0 Å². The molecule has 0 bridgehead atoms. The van der Waals surface area contributed by atoms with Crippen LogP contribution in [0.5, 0.6) is 0 Å². The third kappa shape index (κ3) is 6.38. The second-order valence-corrected chi connectivity index (χ2v) is 7.86. The Morgan fingerprint density at radius 2 is 2.07 bits per heavy atom. The van der Waals surface area contributed by atoms with Crippen LogP contribution in [0.15, 0.2) is 45.9 Å². The van der Waals surface area contributed by atoms with E-state index in [0.717, 1.165) is 6.07 Å². The van der Waals surface area contributed by atoms with Crippen LogP contribution in [0.2, 0.25) is 0 Å². The van der Waals surface area contributed by atoms with Crippen LogP contribution in [0.25, 0.3) is 0 Å². The van der Waals surface area contributed by atoms with Gasteiger partial charge in [0.25, 0.3) is 0 Å². The number of carbonyl (C=O) groups is 1. The van der Waals surface area contributed by atoms with Crippen molar-refractivity contribution in [3.05, 3.63) is 47.9 Å². The van der Waals surface area contributed by atoms with Crippen LogP contribution in [0.4, 0.5) is 5.69 Å². The quantitative estimate of drug-likeness (QED) is 0.500. The highest BCUT2D eigenvalue weighted by Gasteiger charge is 2.21. The van der Waals surface area contributed by atoms with Crippen molar-refractivity contribution < 1.29 is 27.5 Å². The van der Waals surface area contributed by atoms with Crippen LogP contribution < -0.4 is 10.0 Å². The fraction of sp³-hybridized carbons (Fsp3) is 0.389. The molecule has 0 saturated heterocycles. The van der Waals surface area contributed by atoms with Crippen LogP contribution in [-0.4, -0.2) is 38.7 Å². The number of benzene rings is 1. The molecule has 0 atom stereocenters. The number of hydrogen-bond acceptors (Lipinski definition) is 6. The van der Waals surface area contributed by atoms with E-state index in [2.05, 4.69) is 10.0 Å². The van der Waals surface area contributed by atoms with Crippen molar-refractivity contribution >= 4 is 21.7 Å². The lowest BCUT2D eigenvalue weighted by molar-refractivity contribution is 0.0696. The smallest absolute Gasteiger partial charge is 0.335 e. The number of sulfonamides is 1. The van der Waals surface area contributed by atoms with E-state index in [1.807, 2.05) is 13.8 Å². The topological polar surface area (TPSA) is 118 Å². The number of rotatable bonds is 11. The predicted octanol–water partition coefficient (Wildman–Crippen LogP) is 2.68. The maximum Gasteiger partial charge on any atom is 0.335 e. The Kier molecular flexibility index (Phi) is 7.40. The highest BCUT2D eigenvalue weighted by Crippen LogP contribution is 2.23. The molecule has 2 rings (SSSR count). The van der Waals surface area contributed by atoms with Gasteiger partial charge in [-0.2, -0.15) is 0 Å². The zero-order valence-corrected chi connectivity index (χ0v) is 16.1. The molecule has 1 aromatic heterocycles. The minimum atomic E-state index is -3.95. The summed E-state index contributed by atoms with van der Waals surface area (Å²) in [6, 6.07) is 7.25. The molecule has 9 heteroatoms. The molecule has 148 valence electrons. The molecule has 0 fully saturated rings. The third-order valence-corrected chi connectivity index (χ3v) is 5.06. The Bertz CT molecular complexity index is 847. The Hall–Kier alpha value is -2.36. The van der Waals surface area contributed by atoms with Gasteiger partial charge in [-0.1, -0.05) is 0 Å². The lowest BCUT2D eigenvalue weighted by atomic mass is 10.2. The van der Waals surface area contributed by atoms with Gasteiger partial charge in [0.15, 0.2) is 0 Å². The third-order valence-electron chi connectivity index (χ3n) is 3.62. The first-order chi connectivity index (χ1) is 12.8. The van der Waals surface area contributed by atoms with E-state index in [9.17, 15) is 18.3 Å². The SMILES string of the molecule is CC(C)OCCCNc1ccc(C(=O)O)cc1S(=O)(=O)NCc1ccco1. The summed E-state index contributed by atoms with van der Waals surface area (Å²) in [6.07, 6.45) is 2.25. The highest BCUT2D eigenvalue weighted by atomic mass is 32.2. The maximum absolute atomic E-state index is 12.7. The first-order valence-corrected chi connectivity index (χ1v) is 10.0. The number of carboxylic acids is 1. The van der Waals surface area contributed by atoms with Gasteiger partial charge in [0.1, 0.15) is 10.7 Å². The Balaban J connectivity index is 2.14. The van der Waals surface area contributed by atoms with Crippen molar-refractivity contribution in [3.63, 3.8) is 0 Å². The van der Waals surface area contributed by atoms with Gasteiger partial charge < -0.3 is 19.6 Å². The molecule has 2 aromatic rings. The number of furan rings is 1. The first-order valence-electron chi connectivity index (χ1n) is 8.54. The second kappa shape index (κ2) is 9.54. The van der Waals surface area contributed by atoms with Crippen molar-refractivity contribution in [3.8, 4) is 0 Å². The summed E-state index contributed by atoms with van der Waals surface area (Å²) in [7, 11) is -3.95. The fourth-order valence-electron chi connectivity index (χ4n) is 2.30. The number of hydrogen-bond donors (Lipinski definition) is 3. The molecule has 0 aliphatic heterocycles. The van der Waals surface area contributed by atoms with Gasteiger partial charge in [0, 0.05) is 13.2 Å². The standard InChI is InChI=1S/C18H24N2O6S/c1-13(2)25-10-4-8-19-16-7-6-14(18(21)22)11-17(16)27(23,24)20-12-15-5-3-9-26-15/h3,5-7,9,11,13,19-20H,4,8,10,12H2,1-2H3,(H,21,22). The maximum atomic E-state index is 12.7. The highest BCUT2D eigenvalue weighted by molar-refractivity contribution is 7.89. The lowest BCUT2D eigenvalue weighted by Crippen LogP contribution is -2.24. The molecule has 8 nitrogen and oxygen atoms in total. The van der Waals surface area contributed by atoms with Crippen molar-refractivity contribution in [2.75, 3.05) is 18.5 Å². The summed E-state index contributed by atoms with van der Waals surface area (Å²) in [5.74, 6) is -0.748. The fourth-order valence-corrected chi connectivity index (χ4v) is 3.49. The summed E-state index contributed by atoms with van der Waals surface area (Å²) in [5, 5.41) is 12.2. The van der Waals surface area contributed by atoms with Gasteiger partial charge in [0.2, 0.25) is 10.0 Å². The molecule has 0 amide bonds. The number of nitrogens with one attached hydrogen (secondary N) is 2. The molecule has 0 saturated carbocycles. The number of aromatic carboxylic acids is 1. The van der Waals surface area contributed by atoms with Crippen molar-refractivity contribution in [2.45, 2.75) is 37.8 Å². The first kappa shape index (κ1) is 20.9. The van der Waals surface area contributed by atoms with Gasteiger partial charge in [-0.05, 0) is 50.6 Å². The Morgan fingerprint density at radius 3 is 2.70 bits per heavy atom. The van der Waals surface area contributed by atoms with Gasteiger partial charge >= 0.3 is 5.97 Å². The molecule has 0 aliphatic rings. The molecule has 1 aromatic carbocycles. The van der Waals surface area contributed by atoms with Crippen LogP contribution >= 0.6 is 0 Å². The van der Waals surface area contributed by atoms with Gasteiger partial charge in [-0.3, -0.25) is 0 Å². The molecular formula is C18H24N2O6S. The van der Waals surface area contributed by atoms with Crippen LogP contribution in [-0.2, 0) is 21.3 Å². The zero-order chi connectivity index (χ0) is 19.9. The van der Waals surface area contributed by atoms with E-state index < -0.39 is 16.0 Å². The van der Waals surface area contributed by atoms with E-state index in [1.54, 1.807) is 12.1 Å². The van der Waals surface area contributed by atoms with E-state index in [0.29, 0.717) is 31.0 Å². The van der Waals surface area contributed by atoms with E-state index in [1.165, 1.54) is 18.4 Å². The molecule has 3 N–H and O–H groups in total. The van der Waals surface area contributed by atoms with Crippen LogP contribution in [0.1, 0.15) is 36.4 Å². The average Bonchev–Trinajstić information content (AvgIpc) is 3.13. The van der Waals surface area contributed by atoms with Crippen LogP contribution in [0, 0.1) is 0 Å². The number of ether oxygens (including phenoxy) is 1. The summed E-state index contributed by atoms with van der Waals surface area (Å²) in [5.41, 5.74) is 0.221. The monoisotopic (exact) mass is 396 g/mol. The minimum absolute atomic E-state index is 0.0334. The Labute approximate surface area is 158 Å². The molecule has 0 radical (unpaired) electrons. The van der Waals surface area contributed by atoms with E-state index >= 15 is 0 Å².